The van der Waals surface area contributed by atoms with Gasteiger partial charge in [-0.05, 0) is 48.0 Å². The summed E-state index contributed by atoms with van der Waals surface area (Å²) in [6.07, 6.45) is 3.83. The predicted molar refractivity (Wildman–Crippen MR) is 101 cm³/mol. The molecule has 0 aliphatic carbocycles. The second-order valence-electron chi connectivity index (χ2n) is 6.59. The van der Waals surface area contributed by atoms with Crippen LogP contribution in [0.4, 0.5) is 4.39 Å². The Balaban J connectivity index is 1.60. The van der Waals surface area contributed by atoms with Crippen LogP contribution in [-0.2, 0) is 0 Å². The zero-order valence-electron chi connectivity index (χ0n) is 14.2. The highest BCUT2D eigenvalue weighted by atomic mass is 35.5. The van der Waals surface area contributed by atoms with Crippen LogP contribution in [0.15, 0.2) is 72.1 Å². The van der Waals surface area contributed by atoms with Crippen LogP contribution in [0.3, 0.4) is 0 Å². The summed E-state index contributed by atoms with van der Waals surface area (Å²) in [5.74, 6) is 0.545. The van der Waals surface area contributed by atoms with Gasteiger partial charge in [-0.3, -0.25) is 4.98 Å². The Morgan fingerprint density at radius 3 is 2.59 bits per heavy atom. The minimum absolute atomic E-state index is 0.00525. The van der Waals surface area contributed by atoms with Crippen LogP contribution >= 0.6 is 11.6 Å². The number of hydrogen-bond donors (Lipinski definition) is 0. The Hall–Kier alpha value is -2.92. The fourth-order valence-corrected chi connectivity index (χ4v) is 3.80. The van der Waals surface area contributed by atoms with Gasteiger partial charge in [-0.2, -0.15) is 5.10 Å². The molecule has 0 saturated heterocycles. The summed E-state index contributed by atoms with van der Waals surface area (Å²) in [4.78, 5) is 4.09. The SMILES string of the molecule is Fc1ccc(C2=NN3[C@H](C2)c2cc(Cl)ccc2O[C@@H]3c2ccncc2)cc1. The van der Waals surface area contributed by atoms with Gasteiger partial charge >= 0.3 is 0 Å². The number of hydrogen-bond acceptors (Lipinski definition) is 4. The molecule has 3 heterocycles. The van der Waals surface area contributed by atoms with E-state index < -0.39 is 0 Å². The molecule has 3 aromatic rings. The molecule has 0 bridgehead atoms. The molecule has 2 aromatic carbocycles. The molecular weight excluding hydrogens is 365 g/mol. The van der Waals surface area contributed by atoms with Gasteiger partial charge in [0.1, 0.15) is 11.6 Å². The summed E-state index contributed by atoms with van der Waals surface area (Å²) in [5.41, 5.74) is 3.78. The van der Waals surface area contributed by atoms with Crippen LogP contribution < -0.4 is 4.74 Å². The number of ether oxygens (including phenoxy) is 1. The standard InChI is InChI=1S/C21H15ClFN3O/c22-15-3-6-20-17(11-15)19-12-18(13-1-4-16(23)5-2-13)25-26(19)21(27-20)14-7-9-24-10-8-14/h1-11,19,21H,12H2/t19-,21-/m1/s1. The van der Waals surface area contributed by atoms with E-state index in [1.165, 1.54) is 12.1 Å². The van der Waals surface area contributed by atoms with Gasteiger partial charge in [-0.25, -0.2) is 9.40 Å². The number of aromatic nitrogens is 1. The summed E-state index contributed by atoms with van der Waals surface area (Å²) >= 11 is 6.23. The molecule has 27 heavy (non-hydrogen) atoms. The molecule has 6 heteroatoms. The van der Waals surface area contributed by atoms with Gasteiger partial charge in [0, 0.05) is 35.0 Å². The van der Waals surface area contributed by atoms with Crippen molar-refractivity contribution in [1.29, 1.82) is 0 Å². The molecule has 0 N–H and O–H groups in total. The minimum Gasteiger partial charge on any atom is -0.464 e. The van der Waals surface area contributed by atoms with E-state index in [1.54, 1.807) is 24.5 Å². The maximum atomic E-state index is 13.3. The first-order valence-electron chi connectivity index (χ1n) is 8.67. The van der Waals surface area contributed by atoms with Crippen molar-refractivity contribution in [2.24, 2.45) is 5.10 Å². The van der Waals surface area contributed by atoms with Crippen LogP contribution in [0.2, 0.25) is 5.02 Å². The van der Waals surface area contributed by atoms with E-state index in [9.17, 15) is 4.39 Å². The lowest BCUT2D eigenvalue weighted by molar-refractivity contribution is -0.0190. The first-order chi connectivity index (χ1) is 13.2. The molecule has 0 fully saturated rings. The van der Waals surface area contributed by atoms with E-state index in [0.717, 1.165) is 28.2 Å². The molecule has 2 atom stereocenters. The third kappa shape index (κ3) is 2.84. The molecule has 0 radical (unpaired) electrons. The minimum atomic E-state index is -0.357. The molecule has 0 amide bonds. The Bertz CT molecular complexity index is 1020. The van der Waals surface area contributed by atoms with Crippen molar-refractivity contribution >= 4 is 17.3 Å². The van der Waals surface area contributed by atoms with Gasteiger partial charge < -0.3 is 4.74 Å². The lowest BCUT2D eigenvalue weighted by Crippen LogP contribution is -2.33. The highest BCUT2D eigenvalue weighted by Gasteiger charge is 2.41. The molecule has 4 nitrogen and oxygen atoms in total. The second-order valence-corrected chi connectivity index (χ2v) is 7.02. The van der Waals surface area contributed by atoms with E-state index in [-0.39, 0.29) is 18.1 Å². The van der Waals surface area contributed by atoms with Crippen LogP contribution in [0.25, 0.3) is 0 Å². The van der Waals surface area contributed by atoms with E-state index in [2.05, 4.69) is 4.98 Å². The Morgan fingerprint density at radius 2 is 1.81 bits per heavy atom. The fraction of sp³-hybridized carbons (Fsp3) is 0.143. The first-order valence-corrected chi connectivity index (χ1v) is 9.04. The monoisotopic (exact) mass is 379 g/mol. The lowest BCUT2D eigenvalue weighted by atomic mass is 9.96. The number of nitrogens with zero attached hydrogens (tertiary/aromatic N) is 3. The average molecular weight is 380 g/mol. The number of hydrazone groups is 1. The average Bonchev–Trinajstić information content (AvgIpc) is 3.14. The summed E-state index contributed by atoms with van der Waals surface area (Å²) < 4.78 is 19.6. The molecule has 0 saturated carbocycles. The summed E-state index contributed by atoms with van der Waals surface area (Å²) in [5, 5.41) is 7.46. The predicted octanol–water partition coefficient (Wildman–Crippen LogP) is 5.12. The summed E-state index contributed by atoms with van der Waals surface area (Å²) in [7, 11) is 0. The molecular formula is C21H15ClFN3O. The van der Waals surface area contributed by atoms with Crippen LogP contribution in [0.1, 0.15) is 35.4 Å². The zero-order chi connectivity index (χ0) is 18.4. The summed E-state index contributed by atoms with van der Waals surface area (Å²) in [6, 6.07) is 15.9. The molecule has 0 unspecified atom stereocenters. The molecule has 134 valence electrons. The van der Waals surface area contributed by atoms with Crippen molar-refractivity contribution in [2.45, 2.75) is 18.7 Å². The molecule has 0 spiro atoms. The van der Waals surface area contributed by atoms with Crippen molar-refractivity contribution in [1.82, 2.24) is 9.99 Å². The highest BCUT2D eigenvalue weighted by molar-refractivity contribution is 6.30. The number of fused-ring (bicyclic) bond motifs is 3. The maximum absolute atomic E-state index is 13.3. The van der Waals surface area contributed by atoms with Gasteiger partial charge in [0.2, 0.25) is 6.23 Å². The number of benzene rings is 2. The first kappa shape index (κ1) is 16.3. The zero-order valence-corrected chi connectivity index (χ0v) is 15.0. The van der Waals surface area contributed by atoms with Crippen LogP contribution in [0.5, 0.6) is 5.75 Å². The third-order valence-electron chi connectivity index (χ3n) is 4.92. The lowest BCUT2D eigenvalue weighted by Gasteiger charge is -2.38. The van der Waals surface area contributed by atoms with Crippen molar-refractivity contribution < 1.29 is 9.13 Å². The molecule has 2 aliphatic heterocycles. The molecule has 1 aromatic heterocycles. The van der Waals surface area contributed by atoms with Gasteiger partial charge in [-0.1, -0.05) is 23.7 Å². The van der Waals surface area contributed by atoms with Gasteiger partial charge in [-0.15, -0.1) is 0 Å². The fourth-order valence-electron chi connectivity index (χ4n) is 3.62. The Labute approximate surface area is 160 Å². The molecule has 5 rings (SSSR count). The van der Waals surface area contributed by atoms with Crippen LogP contribution in [-0.4, -0.2) is 15.7 Å². The maximum Gasteiger partial charge on any atom is 0.213 e. The summed E-state index contributed by atoms with van der Waals surface area (Å²) in [6.45, 7) is 0. The van der Waals surface area contributed by atoms with Crippen molar-refractivity contribution in [3.05, 3.63) is 94.5 Å². The quantitative estimate of drug-likeness (QED) is 0.620. The smallest absolute Gasteiger partial charge is 0.213 e. The molecule has 2 aliphatic rings. The second kappa shape index (κ2) is 6.35. The van der Waals surface area contributed by atoms with E-state index in [1.807, 2.05) is 35.3 Å². The van der Waals surface area contributed by atoms with E-state index in [4.69, 9.17) is 21.4 Å². The van der Waals surface area contributed by atoms with E-state index in [0.29, 0.717) is 11.4 Å². The Morgan fingerprint density at radius 1 is 1.04 bits per heavy atom. The topological polar surface area (TPSA) is 37.7 Å². The van der Waals surface area contributed by atoms with Crippen molar-refractivity contribution in [2.75, 3.05) is 0 Å². The normalized spacial score (nSPS) is 20.5. The van der Waals surface area contributed by atoms with Gasteiger partial charge in [0.15, 0.2) is 0 Å². The Kier molecular flexibility index (Phi) is 3.83. The van der Waals surface area contributed by atoms with Gasteiger partial charge in [0.25, 0.3) is 0 Å². The number of halogens is 2. The third-order valence-corrected chi connectivity index (χ3v) is 5.16. The van der Waals surface area contributed by atoms with Crippen molar-refractivity contribution in [3.63, 3.8) is 0 Å². The van der Waals surface area contributed by atoms with Gasteiger partial charge in [0.05, 0.1) is 11.8 Å². The highest BCUT2D eigenvalue weighted by Crippen LogP contribution is 2.48. The largest absolute Gasteiger partial charge is 0.464 e. The number of rotatable bonds is 2. The van der Waals surface area contributed by atoms with Crippen LogP contribution in [0, 0.1) is 5.82 Å². The van der Waals surface area contributed by atoms with E-state index >= 15 is 0 Å². The van der Waals surface area contributed by atoms with Crippen molar-refractivity contribution in [3.8, 4) is 5.75 Å². The number of pyridine rings is 1.